The molecule has 0 bridgehead atoms. The maximum absolute atomic E-state index is 14.4. The van der Waals surface area contributed by atoms with Gasteiger partial charge in [0.05, 0.1) is 16.7 Å². The fraction of sp³-hybridized carbons (Fsp3) is 0.303. The van der Waals surface area contributed by atoms with Crippen LogP contribution >= 0.6 is 11.6 Å². The largest absolute Gasteiger partial charge is 0.336 e. The third kappa shape index (κ3) is 6.27. The van der Waals surface area contributed by atoms with E-state index < -0.39 is 32.2 Å². The van der Waals surface area contributed by atoms with Gasteiger partial charge in [-0.3, -0.25) is 13.9 Å². The van der Waals surface area contributed by atoms with Crippen molar-refractivity contribution in [2.45, 2.75) is 69.2 Å². The second-order valence-electron chi connectivity index (χ2n) is 11.1. The molecular weight excluding hydrogens is 603 g/mol. The van der Waals surface area contributed by atoms with E-state index in [4.69, 9.17) is 11.6 Å². The number of unbranched alkanes of at least 4 members (excludes halogenated alkanes) is 1. The Bertz CT molecular complexity index is 2020. The number of benzene rings is 3. The van der Waals surface area contributed by atoms with Crippen LogP contribution in [0.2, 0.25) is 5.02 Å². The van der Waals surface area contributed by atoms with E-state index in [0.29, 0.717) is 30.2 Å². The summed E-state index contributed by atoms with van der Waals surface area (Å²) >= 11 is 5.93. The first-order valence-corrected chi connectivity index (χ1v) is 16.5. The normalized spacial score (nSPS) is 13.3. The fourth-order valence-corrected chi connectivity index (χ4v) is 7.03. The molecule has 2 atom stereocenters. The summed E-state index contributed by atoms with van der Waals surface area (Å²) in [4.78, 5) is 34.8. The molecule has 0 aliphatic heterocycles. The Labute approximate surface area is 260 Å². The Morgan fingerprint density at radius 2 is 1.64 bits per heavy atom. The second kappa shape index (κ2) is 12.9. The molecule has 11 heteroatoms. The van der Waals surface area contributed by atoms with Gasteiger partial charge in [0.2, 0.25) is 0 Å². The quantitative estimate of drug-likeness (QED) is 0.189. The molecule has 0 radical (unpaired) electrons. The lowest BCUT2D eigenvalue weighted by molar-refractivity contribution is 0.553. The number of rotatable bonds is 11. The van der Waals surface area contributed by atoms with E-state index in [0.717, 1.165) is 22.1 Å². The summed E-state index contributed by atoms with van der Waals surface area (Å²) in [5.74, 6) is -0.263. The van der Waals surface area contributed by atoms with Gasteiger partial charge in [-0.05, 0) is 60.7 Å². The summed E-state index contributed by atoms with van der Waals surface area (Å²) in [5.41, 5.74) is 1.39. The van der Waals surface area contributed by atoms with Crippen LogP contribution < -0.4 is 11.2 Å². The van der Waals surface area contributed by atoms with Crippen LogP contribution in [0.15, 0.2) is 87.3 Å². The van der Waals surface area contributed by atoms with Crippen molar-refractivity contribution in [2.24, 2.45) is 0 Å². The molecule has 0 spiro atoms. The number of aromatic nitrogens is 4. The molecular formula is C33H34ClFN4O4S. The standard InChI is InChI=1S/C33H34ClFN4O4S/c1-4-5-18-38-31-30(32(40)39(33(38)41)20-25-8-6-7-9-28(25)35)36-29(37-31)19-23-10-12-24(13-11-23)21(2)22(3)44(42,43)27-16-14-26(34)15-17-27/h6-17,21-22H,4-5,18-20H2,1-3H3,(H,36,37)/t21-,22?/m0/s1. The first-order valence-electron chi connectivity index (χ1n) is 14.5. The zero-order valence-electron chi connectivity index (χ0n) is 24.8. The number of nitrogens with zero attached hydrogens (tertiary/aromatic N) is 3. The van der Waals surface area contributed by atoms with Gasteiger partial charge >= 0.3 is 5.69 Å². The topological polar surface area (TPSA) is 107 Å². The fourth-order valence-electron chi connectivity index (χ4n) is 5.26. The summed E-state index contributed by atoms with van der Waals surface area (Å²) in [7, 11) is -3.58. The summed E-state index contributed by atoms with van der Waals surface area (Å²) in [6.07, 6.45) is 1.90. The SMILES string of the molecule is CCCCn1c(=O)n(Cc2ccccc2F)c(=O)c2[nH]c(Cc3ccc([C@@H](C)C(C)S(=O)(=O)c4ccc(Cl)cc4)cc3)nc21. The molecule has 5 aromatic rings. The molecule has 0 saturated heterocycles. The molecule has 44 heavy (non-hydrogen) atoms. The van der Waals surface area contributed by atoms with Gasteiger partial charge in [0, 0.05) is 23.6 Å². The molecule has 8 nitrogen and oxygen atoms in total. The number of aromatic amines is 1. The van der Waals surface area contributed by atoms with Gasteiger partial charge in [-0.2, -0.15) is 0 Å². The number of halogens is 2. The van der Waals surface area contributed by atoms with Gasteiger partial charge < -0.3 is 4.98 Å². The molecule has 0 amide bonds. The molecule has 0 aliphatic rings. The minimum Gasteiger partial charge on any atom is -0.336 e. The smallest absolute Gasteiger partial charge is 0.333 e. The second-order valence-corrected chi connectivity index (χ2v) is 13.8. The molecule has 0 saturated carbocycles. The number of imidazole rings is 1. The monoisotopic (exact) mass is 636 g/mol. The number of sulfone groups is 1. The molecule has 5 rings (SSSR count). The molecule has 0 fully saturated rings. The number of nitrogens with one attached hydrogen (secondary N) is 1. The third-order valence-corrected chi connectivity index (χ3v) is 10.7. The molecule has 230 valence electrons. The summed E-state index contributed by atoms with van der Waals surface area (Å²) in [6.45, 7) is 5.78. The Kier molecular flexibility index (Phi) is 9.22. The van der Waals surface area contributed by atoms with Gasteiger partial charge in [-0.25, -0.2) is 22.6 Å². The highest BCUT2D eigenvalue weighted by Crippen LogP contribution is 2.29. The molecule has 0 aliphatic carbocycles. The molecule has 2 aromatic heterocycles. The van der Waals surface area contributed by atoms with Crippen molar-refractivity contribution in [3.8, 4) is 0 Å². The van der Waals surface area contributed by atoms with E-state index in [1.165, 1.54) is 22.8 Å². The first-order chi connectivity index (χ1) is 21.0. The maximum atomic E-state index is 14.4. The Morgan fingerprint density at radius 3 is 2.30 bits per heavy atom. The number of H-pyrrole nitrogens is 1. The Balaban J connectivity index is 1.42. The van der Waals surface area contributed by atoms with Crippen LogP contribution in [-0.4, -0.2) is 32.8 Å². The number of fused-ring (bicyclic) bond motifs is 1. The van der Waals surface area contributed by atoms with Gasteiger partial charge in [0.1, 0.15) is 17.2 Å². The highest BCUT2D eigenvalue weighted by atomic mass is 35.5. The van der Waals surface area contributed by atoms with E-state index in [1.54, 1.807) is 37.3 Å². The van der Waals surface area contributed by atoms with Crippen LogP contribution in [0.4, 0.5) is 4.39 Å². The van der Waals surface area contributed by atoms with Crippen molar-refractivity contribution in [3.05, 3.63) is 127 Å². The van der Waals surface area contributed by atoms with E-state index in [-0.39, 0.29) is 34.1 Å². The highest BCUT2D eigenvalue weighted by molar-refractivity contribution is 7.92. The van der Waals surface area contributed by atoms with Crippen LogP contribution in [-0.2, 0) is 29.3 Å². The average molecular weight is 637 g/mol. The van der Waals surface area contributed by atoms with Crippen LogP contribution in [0.25, 0.3) is 11.2 Å². The predicted octanol–water partition coefficient (Wildman–Crippen LogP) is 6.08. The lowest BCUT2D eigenvalue weighted by Crippen LogP contribution is -2.40. The van der Waals surface area contributed by atoms with E-state index in [2.05, 4.69) is 9.97 Å². The van der Waals surface area contributed by atoms with E-state index in [9.17, 15) is 22.4 Å². The van der Waals surface area contributed by atoms with Crippen molar-refractivity contribution < 1.29 is 12.8 Å². The summed E-state index contributed by atoms with van der Waals surface area (Å²) in [5, 5.41) is -0.196. The third-order valence-electron chi connectivity index (χ3n) is 8.14. The van der Waals surface area contributed by atoms with Crippen LogP contribution in [0.3, 0.4) is 0 Å². The Morgan fingerprint density at radius 1 is 0.955 bits per heavy atom. The number of hydrogen-bond donors (Lipinski definition) is 1. The van der Waals surface area contributed by atoms with Crippen LogP contribution in [0.1, 0.15) is 62.0 Å². The maximum Gasteiger partial charge on any atom is 0.333 e. The van der Waals surface area contributed by atoms with Crippen LogP contribution in [0, 0.1) is 5.82 Å². The number of aryl methyl sites for hydroxylation is 1. The first kappa shape index (κ1) is 31.4. The summed E-state index contributed by atoms with van der Waals surface area (Å²) in [6, 6.07) is 19.9. The van der Waals surface area contributed by atoms with Gasteiger partial charge in [0.15, 0.2) is 15.5 Å². The van der Waals surface area contributed by atoms with Crippen molar-refractivity contribution in [2.75, 3.05) is 0 Å². The molecule has 3 aromatic carbocycles. The highest BCUT2D eigenvalue weighted by Gasteiger charge is 2.29. The van der Waals surface area contributed by atoms with Crippen molar-refractivity contribution >= 4 is 32.6 Å². The van der Waals surface area contributed by atoms with Gasteiger partial charge in [-0.1, -0.05) is 74.3 Å². The zero-order chi connectivity index (χ0) is 31.6. The average Bonchev–Trinajstić information content (AvgIpc) is 3.43. The number of hydrogen-bond acceptors (Lipinski definition) is 5. The lowest BCUT2D eigenvalue weighted by atomic mass is 9.96. The van der Waals surface area contributed by atoms with Crippen molar-refractivity contribution in [3.63, 3.8) is 0 Å². The van der Waals surface area contributed by atoms with Gasteiger partial charge in [-0.15, -0.1) is 0 Å². The minimum absolute atomic E-state index is 0.188. The van der Waals surface area contributed by atoms with Crippen molar-refractivity contribution in [1.29, 1.82) is 0 Å². The minimum atomic E-state index is -3.58. The molecule has 2 heterocycles. The lowest BCUT2D eigenvalue weighted by Gasteiger charge is -2.21. The summed E-state index contributed by atoms with van der Waals surface area (Å²) < 4.78 is 43.4. The van der Waals surface area contributed by atoms with Crippen LogP contribution in [0.5, 0.6) is 0 Å². The molecule has 1 N–H and O–H groups in total. The molecule has 1 unspecified atom stereocenters. The van der Waals surface area contributed by atoms with E-state index >= 15 is 0 Å². The van der Waals surface area contributed by atoms with Crippen molar-refractivity contribution in [1.82, 2.24) is 19.1 Å². The van der Waals surface area contributed by atoms with Gasteiger partial charge in [0.25, 0.3) is 5.56 Å². The Hall–Kier alpha value is -4.02. The van der Waals surface area contributed by atoms with E-state index in [1.807, 2.05) is 38.1 Å². The zero-order valence-corrected chi connectivity index (χ0v) is 26.3. The predicted molar refractivity (Wildman–Crippen MR) is 171 cm³/mol.